The number of hydrogen-bond donors (Lipinski definition) is 1. The zero-order valence-corrected chi connectivity index (χ0v) is 23.6. The van der Waals surface area contributed by atoms with Crippen molar-refractivity contribution in [3.05, 3.63) is 108 Å². The van der Waals surface area contributed by atoms with E-state index in [1.54, 1.807) is 4.90 Å². The van der Waals surface area contributed by atoms with Crippen LogP contribution in [0.3, 0.4) is 0 Å². The highest BCUT2D eigenvalue weighted by atomic mass is 16.2. The third-order valence-corrected chi connectivity index (χ3v) is 9.43. The quantitative estimate of drug-likeness (QED) is 0.330. The van der Waals surface area contributed by atoms with Crippen LogP contribution in [0, 0.1) is 11.3 Å². The lowest BCUT2D eigenvalue weighted by Gasteiger charge is -2.38. The molecule has 1 spiro atoms. The van der Waals surface area contributed by atoms with E-state index in [-0.39, 0.29) is 11.8 Å². The van der Waals surface area contributed by atoms with Gasteiger partial charge in [-0.25, -0.2) is 0 Å². The number of hydrogen-bond acceptors (Lipinski definition) is 4. The molecule has 0 saturated carbocycles. The lowest BCUT2D eigenvalue weighted by molar-refractivity contribution is -0.142. The Labute approximate surface area is 237 Å². The van der Waals surface area contributed by atoms with Gasteiger partial charge in [0.2, 0.25) is 11.8 Å². The van der Waals surface area contributed by atoms with Crippen LogP contribution < -0.4 is 5.73 Å². The molecule has 3 unspecified atom stereocenters. The van der Waals surface area contributed by atoms with Crippen LogP contribution in [0.25, 0.3) is 0 Å². The van der Waals surface area contributed by atoms with Gasteiger partial charge in [0.15, 0.2) is 0 Å². The molecule has 6 heteroatoms. The van der Waals surface area contributed by atoms with Crippen molar-refractivity contribution in [2.24, 2.45) is 17.1 Å². The summed E-state index contributed by atoms with van der Waals surface area (Å²) in [5.41, 5.74) is 8.73. The average molecular weight is 537 g/mol. The third kappa shape index (κ3) is 4.43. The molecule has 208 valence electrons. The van der Waals surface area contributed by atoms with E-state index in [2.05, 4.69) is 101 Å². The van der Waals surface area contributed by atoms with Gasteiger partial charge in [0.05, 0.1) is 11.0 Å². The van der Waals surface area contributed by atoms with Crippen LogP contribution in [-0.2, 0) is 15.1 Å². The first-order chi connectivity index (χ1) is 19.4. The number of nitrogens with zero attached hydrogens (tertiary/aromatic N) is 3. The predicted molar refractivity (Wildman–Crippen MR) is 157 cm³/mol. The molecule has 0 radical (unpaired) electrons. The number of benzene rings is 3. The van der Waals surface area contributed by atoms with Gasteiger partial charge >= 0.3 is 0 Å². The van der Waals surface area contributed by atoms with Crippen molar-refractivity contribution in [3.8, 4) is 0 Å². The Morgan fingerprint density at radius 2 is 1.38 bits per heavy atom. The maximum Gasteiger partial charge on any atom is 0.240 e. The van der Waals surface area contributed by atoms with Crippen molar-refractivity contribution in [1.82, 2.24) is 14.7 Å². The van der Waals surface area contributed by atoms with E-state index in [1.165, 1.54) is 16.7 Å². The zero-order valence-electron chi connectivity index (χ0n) is 23.6. The second kappa shape index (κ2) is 10.5. The van der Waals surface area contributed by atoms with Gasteiger partial charge in [-0.15, -0.1) is 0 Å². The molecule has 3 aliphatic rings. The summed E-state index contributed by atoms with van der Waals surface area (Å²) < 4.78 is 0. The van der Waals surface area contributed by atoms with Crippen molar-refractivity contribution in [3.63, 3.8) is 0 Å². The van der Waals surface area contributed by atoms with Crippen LogP contribution in [0.2, 0.25) is 0 Å². The highest BCUT2D eigenvalue weighted by Gasteiger charge is 2.56. The summed E-state index contributed by atoms with van der Waals surface area (Å²) in [6.45, 7) is 8.12. The van der Waals surface area contributed by atoms with Crippen molar-refractivity contribution >= 4 is 11.8 Å². The molecule has 2 N–H and O–H groups in total. The summed E-state index contributed by atoms with van der Waals surface area (Å²) >= 11 is 0. The van der Waals surface area contributed by atoms with Gasteiger partial charge in [-0.1, -0.05) is 105 Å². The molecule has 0 aliphatic carbocycles. The first-order valence-electron chi connectivity index (χ1n) is 14.6. The van der Waals surface area contributed by atoms with Crippen molar-refractivity contribution in [2.45, 2.75) is 44.3 Å². The number of carbonyl (C=O) groups excluding carboxylic acids is 2. The Balaban J connectivity index is 1.26. The molecule has 3 heterocycles. The van der Waals surface area contributed by atoms with E-state index >= 15 is 0 Å². The molecule has 6 rings (SSSR count). The Hall–Kier alpha value is -3.48. The van der Waals surface area contributed by atoms with Gasteiger partial charge in [-0.2, -0.15) is 0 Å². The van der Waals surface area contributed by atoms with Crippen LogP contribution in [-0.4, -0.2) is 71.3 Å². The SMILES string of the molecule is CC(C)C(C(N)=O)N1CC[C@]2(CCN(CC3CN3C(c3ccccc3)(c3ccccc3)c3ccccc3)C2)C1=O. The normalized spacial score (nSPS) is 25.6. The summed E-state index contributed by atoms with van der Waals surface area (Å²) in [6, 6.07) is 32.4. The molecule has 4 atom stereocenters. The third-order valence-electron chi connectivity index (χ3n) is 9.43. The van der Waals surface area contributed by atoms with E-state index in [0.717, 1.165) is 39.0 Å². The van der Waals surface area contributed by atoms with Gasteiger partial charge in [-0.05, 0) is 42.0 Å². The number of primary amides is 1. The summed E-state index contributed by atoms with van der Waals surface area (Å²) in [5, 5.41) is 0. The minimum absolute atomic E-state index is 0.0104. The lowest BCUT2D eigenvalue weighted by Crippen LogP contribution is -2.50. The Kier molecular flexibility index (Phi) is 7.01. The molecule has 0 bridgehead atoms. The first kappa shape index (κ1) is 26.7. The topological polar surface area (TPSA) is 69.7 Å². The molecule has 3 aromatic rings. The second-order valence-corrected chi connectivity index (χ2v) is 12.2. The molecule has 3 aromatic carbocycles. The van der Waals surface area contributed by atoms with E-state index in [9.17, 15) is 9.59 Å². The smallest absolute Gasteiger partial charge is 0.240 e. The summed E-state index contributed by atoms with van der Waals surface area (Å²) in [7, 11) is 0. The largest absolute Gasteiger partial charge is 0.368 e. The van der Waals surface area contributed by atoms with Crippen molar-refractivity contribution < 1.29 is 9.59 Å². The Morgan fingerprint density at radius 3 is 1.85 bits per heavy atom. The van der Waals surface area contributed by atoms with Crippen LogP contribution >= 0.6 is 0 Å². The minimum Gasteiger partial charge on any atom is -0.368 e. The molecular formula is C34H40N4O2. The summed E-state index contributed by atoms with van der Waals surface area (Å²) in [6.07, 6.45) is 1.65. The van der Waals surface area contributed by atoms with Crippen LogP contribution in [0.5, 0.6) is 0 Å². The average Bonchev–Trinajstić information content (AvgIpc) is 3.49. The van der Waals surface area contributed by atoms with Crippen molar-refractivity contribution in [2.75, 3.05) is 32.7 Å². The molecule has 6 nitrogen and oxygen atoms in total. The monoisotopic (exact) mass is 536 g/mol. The van der Waals surface area contributed by atoms with Gasteiger partial charge in [-0.3, -0.25) is 14.5 Å². The fourth-order valence-electron chi connectivity index (χ4n) is 7.53. The molecule has 3 aliphatic heterocycles. The number of nitrogens with two attached hydrogens (primary N) is 1. The standard InChI is InChI=1S/C34H40N4O2/c1-25(2)30(31(35)39)37-21-19-33(32(37)40)18-20-36(24-33)22-29-23-38(29)34(26-12-6-3-7-13-26,27-14-8-4-9-15-27)28-16-10-5-11-17-28/h3-17,25,29-30H,18-24H2,1-2H3,(H2,35,39)/t29?,30?,33-,38?/m0/s1. The van der Waals surface area contributed by atoms with Gasteiger partial charge in [0, 0.05) is 32.2 Å². The number of carbonyl (C=O) groups is 2. The number of likely N-dealkylation sites (tertiary alicyclic amines) is 2. The Bertz CT molecular complexity index is 1250. The van der Waals surface area contributed by atoms with Crippen LogP contribution in [0.4, 0.5) is 0 Å². The Morgan fingerprint density at radius 1 is 0.875 bits per heavy atom. The van der Waals surface area contributed by atoms with Crippen LogP contribution in [0.15, 0.2) is 91.0 Å². The fourth-order valence-corrected chi connectivity index (χ4v) is 7.53. The van der Waals surface area contributed by atoms with Gasteiger partial charge in [0.1, 0.15) is 6.04 Å². The van der Waals surface area contributed by atoms with E-state index < -0.39 is 22.9 Å². The lowest BCUT2D eigenvalue weighted by atomic mass is 9.76. The van der Waals surface area contributed by atoms with E-state index in [0.29, 0.717) is 12.6 Å². The molecule has 3 saturated heterocycles. The molecule has 0 aromatic heterocycles. The summed E-state index contributed by atoms with van der Waals surface area (Å²) in [5.74, 6) is -0.272. The maximum absolute atomic E-state index is 13.7. The summed E-state index contributed by atoms with van der Waals surface area (Å²) in [4.78, 5) is 32.8. The zero-order chi connectivity index (χ0) is 27.9. The fraction of sp³-hybridized carbons (Fsp3) is 0.412. The van der Waals surface area contributed by atoms with Crippen molar-refractivity contribution in [1.29, 1.82) is 0 Å². The highest BCUT2D eigenvalue weighted by molar-refractivity contribution is 5.91. The van der Waals surface area contributed by atoms with Crippen LogP contribution in [0.1, 0.15) is 43.4 Å². The molecular weight excluding hydrogens is 496 g/mol. The molecule has 40 heavy (non-hydrogen) atoms. The molecule has 2 amide bonds. The molecule has 3 fully saturated rings. The number of amides is 2. The maximum atomic E-state index is 13.7. The van der Waals surface area contributed by atoms with Gasteiger partial charge in [0.25, 0.3) is 0 Å². The minimum atomic E-state index is -0.525. The van der Waals surface area contributed by atoms with Gasteiger partial charge < -0.3 is 15.5 Å². The predicted octanol–water partition coefficient (Wildman–Crippen LogP) is 4.10. The first-order valence-corrected chi connectivity index (χ1v) is 14.6. The number of rotatable bonds is 9. The highest BCUT2D eigenvalue weighted by Crippen LogP contribution is 2.49. The van der Waals surface area contributed by atoms with E-state index in [4.69, 9.17) is 5.73 Å². The second-order valence-electron chi connectivity index (χ2n) is 12.2. The van der Waals surface area contributed by atoms with E-state index in [1.807, 2.05) is 13.8 Å².